The summed E-state index contributed by atoms with van der Waals surface area (Å²) >= 11 is 1.68. The Balaban J connectivity index is 1.59. The third-order valence-electron chi connectivity index (χ3n) is 5.14. The van der Waals surface area contributed by atoms with Crippen LogP contribution >= 0.6 is 11.3 Å². The van der Waals surface area contributed by atoms with Crippen LogP contribution in [0.3, 0.4) is 0 Å². The normalized spacial score (nSPS) is 18.9. The van der Waals surface area contributed by atoms with E-state index >= 15 is 0 Å². The number of hydrogen-bond acceptors (Lipinski definition) is 6. The van der Waals surface area contributed by atoms with Gasteiger partial charge >= 0.3 is 0 Å². The van der Waals surface area contributed by atoms with Crippen LogP contribution < -0.4 is 0 Å². The summed E-state index contributed by atoms with van der Waals surface area (Å²) in [5.41, 5.74) is 0.954. The molecule has 3 heterocycles. The van der Waals surface area contributed by atoms with Crippen molar-refractivity contribution in [3.8, 4) is 10.4 Å². The number of benzene rings is 1. The molecular weight excluding hydrogens is 402 g/mol. The molecule has 9 heteroatoms. The Morgan fingerprint density at radius 1 is 1.27 bits per heavy atom. The maximum absolute atomic E-state index is 13.2. The number of H-pyrrole nitrogens is 1. The largest absolute Gasteiger partial charge is 0.361 e. The van der Waals surface area contributed by atoms with E-state index in [-0.39, 0.29) is 30.8 Å². The predicted octanol–water partition coefficient (Wildman–Crippen LogP) is 2.08. The standard InChI is InChI=1S/C21H23N5O3S/c1-25(2)20(28)21(12-15-5-7-16(8-6-15)17-4-3-11-30-17)13-26(9-10-29-21)19(27)18-22-14-23-24-18/h3-8,11,14H,9-10,12-13H2,1-2H3,(H,22,23,24)/t21-/m1/s1. The number of nitrogens with zero attached hydrogens (tertiary/aromatic N) is 4. The number of rotatable bonds is 5. The summed E-state index contributed by atoms with van der Waals surface area (Å²) in [7, 11) is 3.40. The van der Waals surface area contributed by atoms with Crippen molar-refractivity contribution in [3.05, 3.63) is 59.5 Å². The van der Waals surface area contributed by atoms with E-state index in [0.29, 0.717) is 13.0 Å². The van der Waals surface area contributed by atoms with Crippen LogP contribution in [-0.4, -0.2) is 76.2 Å². The maximum atomic E-state index is 13.2. The van der Waals surface area contributed by atoms with Crippen molar-refractivity contribution in [1.29, 1.82) is 0 Å². The van der Waals surface area contributed by atoms with Crippen LogP contribution in [0, 0.1) is 0 Å². The van der Waals surface area contributed by atoms with E-state index in [4.69, 9.17) is 4.74 Å². The summed E-state index contributed by atoms with van der Waals surface area (Å²) in [6.45, 7) is 0.808. The van der Waals surface area contributed by atoms with Gasteiger partial charge in [0.05, 0.1) is 13.2 Å². The first-order valence-corrected chi connectivity index (χ1v) is 10.5. The Morgan fingerprint density at radius 2 is 2.07 bits per heavy atom. The topological polar surface area (TPSA) is 91.4 Å². The molecule has 1 atom stereocenters. The fourth-order valence-corrected chi connectivity index (χ4v) is 4.43. The lowest BCUT2D eigenvalue weighted by Gasteiger charge is -2.42. The summed E-state index contributed by atoms with van der Waals surface area (Å²) in [6.07, 6.45) is 1.66. The minimum absolute atomic E-state index is 0.149. The lowest BCUT2D eigenvalue weighted by Crippen LogP contribution is -2.61. The lowest BCUT2D eigenvalue weighted by molar-refractivity contribution is -0.165. The predicted molar refractivity (Wildman–Crippen MR) is 113 cm³/mol. The summed E-state index contributed by atoms with van der Waals surface area (Å²) in [6, 6.07) is 12.2. The van der Waals surface area contributed by atoms with E-state index in [2.05, 4.69) is 33.4 Å². The van der Waals surface area contributed by atoms with Crippen molar-refractivity contribution in [1.82, 2.24) is 25.0 Å². The number of thiophene rings is 1. The molecule has 1 aromatic carbocycles. The number of hydrogen-bond donors (Lipinski definition) is 1. The molecule has 1 fully saturated rings. The van der Waals surface area contributed by atoms with Gasteiger partial charge in [0, 0.05) is 31.9 Å². The molecule has 2 amide bonds. The molecule has 1 aliphatic rings. The summed E-state index contributed by atoms with van der Waals surface area (Å²) < 4.78 is 6.06. The fraction of sp³-hybridized carbons (Fsp3) is 0.333. The second-order valence-electron chi connectivity index (χ2n) is 7.45. The van der Waals surface area contributed by atoms with E-state index in [9.17, 15) is 9.59 Å². The number of amides is 2. The first-order chi connectivity index (χ1) is 14.5. The lowest BCUT2D eigenvalue weighted by atomic mass is 9.90. The molecule has 30 heavy (non-hydrogen) atoms. The van der Waals surface area contributed by atoms with Gasteiger partial charge in [-0.15, -0.1) is 11.3 Å². The Kier molecular flexibility index (Phi) is 5.65. The average molecular weight is 426 g/mol. The second-order valence-corrected chi connectivity index (χ2v) is 8.40. The Labute approximate surface area is 178 Å². The quantitative estimate of drug-likeness (QED) is 0.676. The van der Waals surface area contributed by atoms with Crippen molar-refractivity contribution in [2.75, 3.05) is 33.8 Å². The van der Waals surface area contributed by atoms with Gasteiger partial charge in [-0.25, -0.2) is 4.98 Å². The molecule has 0 saturated carbocycles. The highest BCUT2D eigenvalue weighted by molar-refractivity contribution is 7.13. The molecule has 0 bridgehead atoms. The van der Waals surface area contributed by atoms with Crippen LogP contribution in [0.5, 0.6) is 0 Å². The third-order valence-corrected chi connectivity index (χ3v) is 6.05. The zero-order valence-corrected chi connectivity index (χ0v) is 17.7. The number of carbonyl (C=O) groups is 2. The summed E-state index contributed by atoms with van der Waals surface area (Å²) in [5, 5.41) is 8.39. The first kappa shape index (κ1) is 20.2. The zero-order chi connectivity index (χ0) is 21.1. The summed E-state index contributed by atoms with van der Waals surface area (Å²) in [4.78, 5) is 34.2. The van der Waals surface area contributed by atoms with Crippen molar-refractivity contribution < 1.29 is 14.3 Å². The van der Waals surface area contributed by atoms with Crippen molar-refractivity contribution >= 4 is 23.2 Å². The van der Waals surface area contributed by atoms with Gasteiger partial charge in [0.25, 0.3) is 11.8 Å². The molecule has 1 saturated heterocycles. The van der Waals surface area contributed by atoms with Crippen molar-refractivity contribution in [2.45, 2.75) is 12.0 Å². The molecule has 0 aliphatic carbocycles. The fourth-order valence-electron chi connectivity index (χ4n) is 3.69. The monoisotopic (exact) mass is 425 g/mol. The van der Waals surface area contributed by atoms with Crippen molar-refractivity contribution in [3.63, 3.8) is 0 Å². The van der Waals surface area contributed by atoms with E-state index in [0.717, 1.165) is 11.1 Å². The van der Waals surface area contributed by atoms with Crippen LogP contribution in [0.25, 0.3) is 10.4 Å². The van der Waals surface area contributed by atoms with Gasteiger partial charge in [-0.1, -0.05) is 30.3 Å². The number of likely N-dealkylation sites (N-methyl/N-ethyl adjacent to an activating group) is 1. The smallest absolute Gasteiger partial charge is 0.291 e. The average Bonchev–Trinajstić information content (AvgIpc) is 3.47. The molecule has 2 aromatic heterocycles. The minimum atomic E-state index is -1.15. The first-order valence-electron chi connectivity index (χ1n) is 9.62. The molecule has 8 nitrogen and oxygen atoms in total. The van der Waals surface area contributed by atoms with Gasteiger partial charge in [0.2, 0.25) is 5.82 Å². The maximum Gasteiger partial charge on any atom is 0.291 e. The SMILES string of the molecule is CN(C)C(=O)[C@@]1(Cc2ccc(-c3cccs3)cc2)CN(C(=O)c2ncn[nH]2)CCO1. The molecule has 0 radical (unpaired) electrons. The minimum Gasteiger partial charge on any atom is -0.361 e. The molecule has 1 aliphatic heterocycles. The highest BCUT2D eigenvalue weighted by Gasteiger charge is 2.46. The summed E-state index contributed by atoms with van der Waals surface area (Å²) in [5.74, 6) is -0.303. The van der Waals surface area contributed by atoms with E-state index < -0.39 is 5.60 Å². The van der Waals surface area contributed by atoms with Crippen LogP contribution in [0.15, 0.2) is 48.1 Å². The molecule has 3 aromatic rings. The van der Waals surface area contributed by atoms with Gasteiger partial charge in [-0.2, -0.15) is 5.10 Å². The van der Waals surface area contributed by atoms with Crippen LogP contribution in [0.4, 0.5) is 0 Å². The van der Waals surface area contributed by atoms with E-state index in [1.807, 2.05) is 23.6 Å². The molecular formula is C21H23N5O3S. The van der Waals surface area contributed by atoms with Crippen molar-refractivity contribution in [2.24, 2.45) is 0 Å². The highest BCUT2D eigenvalue weighted by Crippen LogP contribution is 2.29. The van der Waals surface area contributed by atoms with Gasteiger partial charge in [0.15, 0.2) is 5.60 Å². The number of aromatic nitrogens is 3. The zero-order valence-electron chi connectivity index (χ0n) is 16.9. The number of morpholine rings is 1. The Hall–Kier alpha value is -3.04. The van der Waals surface area contributed by atoms with Gasteiger partial charge in [-0.05, 0) is 22.6 Å². The molecule has 0 unspecified atom stereocenters. The third kappa shape index (κ3) is 3.99. The number of aromatic amines is 1. The molecule has 4 rings (SSSR count). The van der Waals surface area contributed by atoms with Crippen LogP contribution in [-0.2, 0) is 16.0 Å². The van der Waals surface area contributed by atoms with E-state index in [1.54, 1.807) is 30.3 Å². The molecule has 0 spiro atoms. The Bertz CT molecular complexity index is 1000. The van der Waals surface area contributed by atoms with Gasteiger partial charge < -0.3 is 14.5 Å². The Morgan fingerprint density at radius 3 is 2.70 bits per heavy atom. The number of carbonyl (C=O) groups excluding carboxylic acids is 2. The molecule has 1 N–H and O–H groups in total. The number of ether oxygens (including phenoxy) is 1. The number of nitrogens with one attached hydrogen (secondary N) is 1. The van der Waals surface area contributed by atoms with Gasteiger partial charge in [-0.3, -0.25) is 14.7 Å². The van der Waals surface area contributed by atoms with Crippen LogP contribution in [0.1, 0.15) is 16.2 Å². The van der Waals surface area contributed by atoms with Gasteiger partial charge in [0.1, 0.15) is 6.33 Å². The highest BCUT2D eigenvalue weighted by atomic mass is 32.1. The van der Waals surface area contributed by atoms with Crippen LogP contribution in [0.2, 0.25) is 0 Å². The second kappa shape index (κ2) is 8.37. The van der Waals surface area contributed by atoms with E-state index in [1.165, 1.54) is 16.1 Å². The molecule has 156 valence electrons.